The van der Waals surface area contributed by atoms with Gasteiger partial charge in [-0.2, -0.15) is 0 Å². The van der Waals surface area contributed by atoms with Crippen LogP contribution in [0.2, 0.25) is 0 Å². The molecule has 0 aliphatic carbocycles. The number of nitrogens with one attached hydrogen (secondary N) is 1. The van der Waals surface area contributed by atoms with Crippen molar-refractivity contribution in [2.45, 2.75) is 24.8 Å². The summed E-state index contributed by atoms with van der Waals surface area (Å²) in [6, 6.07) is 18.1. The maximum atomic E-state index is 12.2. The number of ether oxygens (including phenoxy) is 1. The summed E-state index contributed by atoms with van der Waals surface area (Å²) in [7, 11) is 1.62. The Kier molecular flexibility index (Phi) is 10.3. The molecule has 2 aromatic carbocycles. The Morgan fingerprint density at radius 2 is 1.76 bits per heavy atom. The highest BCUT2D eigenvalue weighted by atomic mass is 32.2. The number of aryl methyl sites for hydroxylation is 1. The van der Waals surface area contributed by atoms with Crippen LogP contribution in [0.5, 0.6) is 0 Å². The summed E-state index contributed by atoms with van der Waals surface area (Å²) in [5, 5.41) is 3.63. The molecule has 0 unspecified atom stereocenters. The van der Waals surface area contributed by atoms with Gasteiger partial charge in [0.25, 0.3) is 5.91 Å². The van der Waals surface area contributed by atoms with Gasteiger partial charge in [-0.3, -0.25) is 9.69 Å². The van der Waals surface area contributed by atoms with Crippen LogP contribution in [0, 0.1) is 13.8 Å². The molecule has 1 aliphatic heterocycles. The summed E-state index contributed by atoms with van der Waals surface area (Å²) in [4.78, 5) is 26.8. The number of benzene rings is 2. The number of carbonyl (C=O) groups excluding carboxylic acids is 1. The molecule has 2 heterocycles. The van der Waals surface area contributed by atoms with E-state index < -0.39 is 0 Å². The number of carbonyl (C=O) groups is 1. The van der Waals surface area contributed by atoms with Crippen LogP contribution in [0.3, 0.4) is 0 Å². The van der Waals surface area contributed by atoms with E-state index in [9.17, 15) is 4.79 Å². The second-order valence-electron chi connectivity index (χ2n) is 9.38. The molecule has 3 aromatic rings. The number of methoxy groups -OCH3 is 1. The third kappa shape index (κ3) is 7.90. The van der Waals surface area contributed by atoms with Crippen molar-refractivity contribution in [2.75, 3.05) is 57.9 Å². The maximum absolute atomic E-state index is 12.2. The minimum atomic E-state index is -0.0873. The summed E-state index contributed by atoms with van der Waals surface area (Å²) < 4.78 is 4.98. The Morgan fingerprint density at radius 3 is 2.47 bits per heavy atom. The first-order valence-electron chi connectivity index (χ1n) is 13.1. The Labute approximate surface area is 230 Å². The van der Waals surface area contributed by atoms with Gasteiger partial charge < -0.3 is 15.0 Å². The quantitative estimate of drug-likeness (QED) is 0.220. The van der Waals surface area contributed by atoms with E-state index in [1.165, 1.54) is 5.56 Å². The molecule has 38 heavy (non-hydrogen) atoms. The molecule has 8 heteroatoms. The largest absolute Gasteiger partial charge is 0.383 e. The fourth-order valence-corrected chi connectivity index (χ4v) is 5.11. The molecular formula is C30H37N5O2S. The zero-order chi connectivity index (χ0) is 26.7. The van der Waals surface area contributed by atoms with E-state index in [2.05, 4.69) is 65.4 Å². The van der Waals surface area contributed by atoms with Crippen molar-refractivity contribution in [1.82, 2.24) is 20.2 Å². The zero-order valence-electron chi connectivity index (χ0n) is 22.5. The molecule has 1 aliphatic rings. The molecule has 1 aromatic heterocycles. The van der Waals surface area contributed by atoms with Crippen LogP contribution >= 0.6 is 11.8 Å². The predicted octanol–water partition coefficient (Wildman–Crippen LogP) is 4.60. The van der Waals surface area contributed by atoms with Crippen LogP contribution in [-0.4, -0.2) is 73.8 Å². The number of hydrogen-bond acceptors (Lipinski definition) is 7. The predicted molar refractivity (Wildman–Crippen MR) is 156 cm³/mol. The monoisotopic (exact) mass is 531 g/mol. The third-order valence-corrected chi connectivity index (χ3v) is 7.58. The summed E-state index contributed by atoms with van der Waals surface area (Å²) >= 11 is 1.63. The van der Waals surface area contributed by atoms with Gasteiger partial charge in [0.1, 0.15) is 5.82 Å². The van der Waals surface area contributed by atoms with Crippen LogP contribution in [-0.2, 0) is 10.5 Å². The second kappa shape index (κ2) is 14.1. The first kappa shape index (κ1) is 27.8. The average molecular weight is 532 g/mol. The molecule has 1 amide bonds. The number of anilines is 1. The molecule has 7 nitrogen and oxygen atoms in total. The lowest BCUT2D eigenvalue weighted by Gasteiger charge is -2.35. The first-order chi connectivity index (χ1) is 18.5. The van der Waals surface area contributed by atoms with E-state index in [0.717, 1.165) is 66.3 Å². The van der Waals surface area contributed by atoms with Gasteiger partial charge in [0, 0.05) is 69.0 Å². The highest BCUT2D eigenvalue weighted by Gasteiger charge is 2.21. The number of amides is 1. The lowest BCUT2D eigenvalue weighted by molar-refractivity contribution is 0.0937. The van der Waals surface area contributed by atoms with Gasteiger partial charge in [0.05, 0.1) is 6.61 Å². The standard InChI is InChI=1S/C30H37N5O2S/c1-23-24(2)32-30(38-22-26-11-13-27(14-12-26)29(36)31-15-21-37-3)33-28(23)35-19-17-34(18-20-35)16-7-10-25-8-5-4-6-9-25/h4-14H,15-22H2,1-3H3,(H,31,36)/b10-7+. The van der Waals surface area contributed by atoms with E-state index in [0.29, 0.717) is 18.7 Å². The van der Waals surface area contributed by atoms with Crippen molar-refractivity contribution in [1.29, 1.82) is 0 Å². The molecule has 1 saturated heterocycles. The van der Waals surface area contributed by atoms with Gasteiger partial charge in [-0.15, -0.1) is 0 Å². The molecular weight excluding hydrogens is 494 g/mol. The number of piperazine rings is 1. The fraction of sp³-hybridized carbons (Fsp3) is 0.367. The normalized spacial score (nSPS) is 14.2. The first-order valence-corrected chi connectivity index (χ1v) is 14.0. The van der Waals surface area contributed by atoms with E-state index in [1.807, 2.05) is 30.3 Å². The Hall–Kier alpha value is -3.20. The lowest BCUT2D eigenvalue weighted by atomic mass is 10.1. The molecule has 4 rings (SSSR count). The number of rotatable bonds is 11. The minimum absolute atomic E-state index is 0.0873. The van der Waals surface area contributed by atoms with Crippen LogP contribution in [0.25, 0.3) is 6.08 Å². The molecule has 0 spiro atoms. The molecule has 0 saturated carbocycles. The second-order valence-corrected chi connectivity index (χ2v) is 10.3. The minimum Gasteiger partial charge on any atom is -0.383 e. The SMILES string of the molecule is COCCNC(=O)c1ccc(CSc2nc(C)c(C)c(N3CCN(C/C=C/c4ccccc4)CC3)n2)cc1. The van der Waals surface area contributed by atoms with E-state index >= 15 is 0 Å². The van der Waals surface area contributed by atoms with Crippen LogP contribution in [0.4, 0.5) is 5.82 Å². The van der Waals surface area contributed by atoms with Gasteiger partial charge in [-0.05, 0) is 37.1 Å². The number of thioether (sulfide) groups is 1. The summed E-state index contributed by atoms with van der Waals surface area (Å²) in [5.41, 5.74) is 5.19. The molecule has 1 N–H and O–H groups in total. The van der Waals surface area contributed by atoms with Crippen LogP contribution in [0.1, 0.15) is 32.7 Å². The zero-order valence-corrected chi connectivity index (χ0v) is 23.3. The number of hydrogen-bond donors (Lipinski definition) is 1. The van der Waals surface area contributed by atoms with Crippen LogP contribution < -0.4 is 10.2 Å². The fourth-order valence-electron chi connectivity index (χ4n) is 4.27. The lowest BCUT2D eigenvalue weighted by Crippen LogP contribution is -2.47. The molecule has 0 atom stereocenters. The number of nitrogens with zero attached hydrogens (tertiary/aromatic N) is 4. The van der Waals surface area contributed by atoms with Crippen molar-refractivity contribution in [3.63, 3.8) is 0 Å². The van der Waals surface area contributed by atoms with Gasteiger partial charge >= 0.3 is 0 Å². The van der Waals surface area contributed by atoms with Gasteiger partial charge in [0.15, 0.2) is 5.16 Å². The molecule has 0 radical (unpaired) electrons. The van der Waals surface area contributed by atoms with E-state index in [4.69, 9.17) is 14.7 Å². The summed E-state index contributed by atoms with van der Waals surface area (Å²) in [6.07, 6.45) is 4.44. The van der Waals surface area contributed by atoms with Crippen molar-refractivity contribution >= 4 is 29.6 Å². The molecule has 200 valence electrons. The van der Waals surface area contributed by atoms with Crippen molar-refractivity contribution in [3.05, 3.63) is 88.6 Å². The average Bonchev–Trinajstić information content (AvgIpc) is 2.95. The third-order valence-electron chi connectivity index (χ3n) is 6.66. The maximum Gasteiger partial charge on any atom is 0.251 e. The van der Waals surface area contributed by atoms with E-state index in [-0.39, 0.29) is 5.91 Å². The topological polar surface area (TPSA) is 70.6 Å². The van der Waals surface area contributed by atoms with Crippen molar-refractivity contribution in [3.8, 4) is 0 Å². The van der Waals surface area contributed by atoms with Crippen molar-refractivity contribution in [2.24, 2.45) is 0 Å². The smallest absolute Gasteiger partial charge is 0.251 e. The van der Waals surface area contributed by atoms with Gasteiger partial charge in [-0.1, -0.05) is 66.4 Å². The van der Waals surface area contributed by atoms with Gasteiger partial charge in [0.2, 0.25) is 0 Å². The van der Waals surface area contributed by atoms with Crippen molar-refractivity contribution < 1.29 is 9.53 Å². The van der Waals surface area contributed by atoms with Gasteiger partial charge in [-0.25, -0.2) is 9.97 Å². The van der Waals surface area contributed by atoms with E-state index in [1.54, 1.807) is 18.9 Å². The molecule has 1 fully saturated rings. The number of aromatic nitrogens is 2. The highest BCUT2D eigenvalue weighted by molar-refractivity contribution is 7.98. The Balaban J connectivity index is 1.30. The Morgan fingerprint density at radius 1 is 1.03 bits per heavy atom. The summed E-state index contributed by atoms with van der Waals surface area (Å²) in [6.45, 7) is 10.1. The molecule has 0 bridgehead atoms. The van der Waals surface area contributed by atoms with Crippen LogP contribution in [0.15, 0.2) is 65.8 Å². The highest BCUT2D eigenvalue weighted by Crippen LogP contribution is 2.27. The Bertz CT molecular complexity index is 1210. The summed E-state index contributed by atoms with van der Waals surface area (Å²) in [5.74, 6) is 1.70.